The van der Waals surface area contributed by atoms with Gasteiger partial charge in [0.2, 0.25) is 5.35 Å². The molecule has 1 aromatic heterocycles. The third-order valence-electron chi connectivity index (χ3n) is 2.43. The first-order valence-corrected chi connectivity index (χ1v) is 4.86. The Morgan fingerprint density at radius 1 is 1.36 bits per heavy atom. The molecule has 0 radical (unpaired) electrons. The third-order valence-corrected chi connectivity index (χ3v) is 2.65. The molecule has 70 valence electrons. The summed E-state index contributed by atoms with van der Waals surface area (Å²) in [4.78, 5) is 0. The molecule has 0 aliphatic heterocycles. The van der Waals surface area contributed by atoms with Gasteiger partial charge in [0.05, 0.1) is 5.03 Å². The lowest BCUT2D eigenvalue weighted by Crippen LogP contribution is -2.56. The van der Waals surface area contributed by atoms with Gasteiger partial charge in [0.15, 0.2) is 5.69 Å². The predicted octanol–water partition coefficient (Wildman–Crippen LogP) is 0.672. The Hall–Kier alpha value is -1.30. The Morgan fingerprint density at radius 3 is 2.93 bits per heavy atom. The number of hydrogen-bond donors (Lipinski definition) is 0. The monoisotopic (exact) mass is 204 g/mol. The third kappa shape index (κ3) is 1.52. The Labute approximate surface area is 88.0 Å². The van der Waals surface area contributed by atoms with Gasteiger partial charge >= 0.3 is 0 Å². The standard InChI is InChI=1S/C12H11ClN/c1-9-6-7-10-8-11(13)4-3-5-12(10)14(9)2/h3,5-8H,1-2H3/q+1. The SMILES string of the molecule is Cc1ccc2c([n+]1C)=CC=C=C(Cl)C=2. The van der Waals surface area contributed by atoms with Crippen LogP contribution in [0.2, 0.25) is 0 Å². The van der Waals surface area contributed by atoms with E-state index in [-0.39, 0.29) is 0 Å². The normalized spacial score (nSPS) is 13.5. The molecule has 0 fully saturated rings. The minimum Gasteiger partial charge on any atom is -0.199 e. The maximum atomic E-state index is 5.93. The largest absolute Gasteiger partial charge is 0.213 e. The van der Waals surface area contributed by atoms with Crippen LogP contribution >= 0.6 is 11.6 Å². The summed E-state index contributed by atoms with van der Waals surface area (Å²) < 4.78 is 2.14. The summed E-state index contributed by atoms with van der Waals surface area (Å²) in [6.07, 6.45) is 5.80. The van der Waals surface area contributed by atoms with E-state index >= 15 is 0 Å². The second kappa shape index (κ2) is 3.45. The van der Waals surface area contributed by atoms with Gasteiger partial charge in [-0.15, -0.1) is 5.73 Å². The molecule has 1 nitrogen and oxygen atoms in total. The van der Waals surface area contributed by atoms with Crippen molar-refractivity contribution < 1.29 is 4.57 Å². The van der Waals surface area contributed by atoms with Gasteiger partial charge in [0.25, 0.3) is 0 Å². The first-order valence-electron chi connectivity index (χ1n) is 4.48. The van der Waals surface area contributed by atoms with E-state index in [1.807, 2.05) is 25.3 Å². The summed E-state index contributed by atoms with van der Waals surface area (Å²) >= 11 is 5.93. The molecule has 0 saturated carbocycles. The summed E-state index contributed by atoms with van der Waals surface area (Å²) in [7, 11) is 2.05. The summed E-state index contributed by atoms with van der Waals surface area (Å²) in [6.45, 7) is 2.08. The van der Waals surface area contributed by atoms with Crippen LogP contribution in [0.4, 0.5) is 0 Å². The molecule has 0 unspecified atom stereocenters. The van der Waals surface area contributed by atoms with E-state index in [0.717, 1.165) is 10.6 Å². The van der Waals surface area contributed by atoms with Crippen LogP contribution < -0.4 is 15.1 Å². The number of rotatable bonds is 0. The van der Waals surface area contributed by atoms with Crippen molar-refractivity contribution in [2.45, 2.75) is 6.92 Å². The molecule has 0 N–H and O–H groups in total. The number of hydrogen-bond acceptors (Lipinski definition) is 0. The first kappa shape index (κ1) is 9.26. The molecule has 1 heterocycles. The topological polar surface area (TPSA) is 3.88 Å². The number of allylic oxidation sites excluding steroid dienone is 1. The van der Waals surface area contributed by atoms with Crippen LogP contribution in [0.5, 0.6) is 0 Å². The van der Waals surface area contributed by atoms with Crippen molar-refractivity contribution in [2.24, 2.45) is 7.05 Å². The second-order valence-electron chi connectivity index (χ2n) is 3.34. The lowest BCUT2D eigenvalue weighted by molar-refractivity contribution is -0.691. The average molecular weight is 205 g/mol. The van der Waals surface area contributed by atoms with Crippen LogP contribution in [0.1, 0.15) is 5.69 Å². The highest BCUT2D eigenvalue weighted by Crippen LogP contribution is 2.00. The number of halogens is 1. The van der Waals surface area contributed by atoms with Crippen LogP contribution in [-0.2, 0) is 7.05 Å². The number of nitrogens with zero attached hydrogens (tertiary/aromatic N) is 1. The van der Waals surface area contributed by atoms with Gasteiger partial charge < -0.3 is 0 Å². The summed E-state index contributed by atoms with van der Waals surface area (Å²) in [5, 5.41) is 2.93. The Kier molecular flexibility index (Phi) is 2.28. The minimum absolute atomic E-state index is 0.642. The number of aromatic nitrogens is 1. The van der Waals surface area contributed by atoms with Gasteiger partial charge in [-0.2, -0.15) is 4.57 Å². The van der Waals surface area contributed by atoms with Crippen molar-refractivity contribution in [1.29, 1.82) is 0 Å². The van der Waals surface area contributed by atoms with Gasteiger partial charge in [-0.05, 0) is 18.2 Å². The predicted molar refractivity (Wildman–Crippen MR) is 58.0 cm³/mol. The van der Waals surface area contributed by atoms with Crippen molar-refractivity contribution in [3.63, 3.8) is 0 Å². The van der Waals surface area contributed by atoms with Gasteiger partial charge in [0, 0.05) is 24.3 Å². The smallest absolute Gasteiger partial charge is 0.199 e. The van der Waals surface area contributed by atoms with Crippen LogP contribution in [0.25, 0.3) is 12.2 Å². The summed E-state index contributed by atoms with van der Waals surface area (Å²) in [5.74, 6) is 0. The zero-order valence-electron chi connectivity index (χ0n) is 8.21. The van der Waals surface area contributed by atoms with Crippen LogP contribution in [0.15, 0.2) is 29.0 Å². The first-order chi connectivity index (χ1) is 6.68. The van der Waals surface area contributed by atoms with Crippen LogP contribution in [0.3, 0.4) is 0 Å². The molecule has 0 bridgehead atoms. The van der Waals surface area contributed by atoms with Crippen molar-refractivity contribution in [3.8, 4) is 0 Å². The molecule has 0 aromatic carbocycles. The minimum atomic E-state index is 0.642. The summed E-state index contributed by atoms with van der Waals surface area (Å²) in [5.41, 5.74) is 4.19. The molecule has 0 spiro atoms. The number of fused-ring (bicyclic) bond motifs is 1. The fourth-order valence-electron chi connectivity index (χ4n) is 1.50. The van der Waals surface area contributed by atoms with Crippen molar-refractivity contribution >= 4 is 23.8 Å². The molecule has 14 heavy (non-hydrogen) atoms. The zero-order chi connectivity index (χ0) is 10.1. The summed E-state index contributed by atoms with van der Waals surface area (Å²) in [6, 6.07) is 4.16. The molecule has 1 aromatic rings. The number of aryl methyl sites for hydroxylation is 1. The van der Waals surface area contributed by atoms with Crippen molar-refractivity contribution in [1.82, 2.24) is 0 Å². The van der Waals surface area contributed by atoms with E-state index in [9.17, 15) is 0 Å². The molecular weight excluding hydrogens is 194 g/mol. The molecule has 2 heteroatoms. The van der Waals surface area contributed by atoms with Gasteiger partial charge in [0.1, 0.15) is 7.05 Å². The van der Waals surface area contributed by atoms with E-state index in [0.29, 0.717) is 5.03 Å². The van der Waals surface area contributed by atoms with E-state index in [1.165, 1.54) is 5.69 Å². The van der Waals surface area contributed by atoms with E-state index < -0.39 is 0 Å². The van der Waals surface area contributed by atoms with Gasteiger partial charge in [-0.25, -0.2) is 0 Å². The molecular formula is C12H11ClN+. The van der Waals surface area contributed by atoms with E-state index in [1.54, 1.807) is 0 Å². The highest BCUT2D eigenvalue weighted by atomic mass is 35.5. The molecule has 0 saturated heterocycles. The molecule has 0 amide bonds. The lowest BCUT2D eigenvalue weighted by atomic mass is 10.2. The van der Waals surface area contributed by atoms with Gasteiger partial charge in [-0.1, -0.05) is 11.6 Å². The maximum Gasteiger partial charge on any atom is 0.213 e. The lowest BCUT2D eigenvalue weighted by Gasteiger charge is -1.94. The van der Waals surface area contributed by atoms with Crippen molar-refractivity contribution in [3.05, 3.63) is 45.2 Å². The van der Waals surface area contributed by atoms with Crippen molar-refractivity contribution in [2.75, 3.05) is 0 Å². The maximum absolute atomic E-state index is 5.93. The average Bonchev–Trinajstić information content (AvgIpc) is 2.34. The fraction of sp³-hybridized carbons (Fsp3) is 0.167. The molecule has 1 aliphatic carbocycles. The highest BCUT2D eigenvalue weighted by Gasteiger charge is 2.04. The fourth-order valence-corrected chi connectivity index (χ4v) is 1.68. The Bertz CT molecular complexity index is 561. The molecule has 1 aliphatic rings. The van der Waals surface area contributed by atoms with Gasteiger partial charge in [-0.3, -0.25) is 0 Å². The molecule has 0 atom stereocenters. The number of pyridine rings is 1. The second-order valence-corrected chi connectivity index (χ2v) is 3.75. The van der Waals surface area contributed by atoms with Crippen LogP contribution in [-0.4, -0.2) is 0 Å². The zero-order valence-corrected chi connectivity index (χ0v) is 8.97. The van der Waals surface area contributed by atoms with E-state index in [2.05, 4.69) is 29.4 Å². The van der Waals surface area contributed by atoms with E-state index in [4.69, 9.17) is 11.6 Å². The van der Waals surface area contributed by atoms with Crippen LogP contribution in [0, 0.1) is 6.92 Å². The quantitative estimate of drug-likeness (QED) is 0.432. The highest BCUT2D eigenvalue weighted by molar-refractivity contribution is 6.33. The Morgan fingerprint density at radius 2 is 2.14 bits per heavy atom. The Balaban J connectivity index is 2.91. The molecule has 2 rings (SSSR count).